The van der Waals surface area contributed by atoms with E-state index < -0.39 is 58.6 Å². The summed E-state index contributed by atoms with van der Waals surface area (Å²) in [4.78, 5) is 33.4. The van der Waals surface area contributed by atoms with Gasteiger partial charge in [-0.1, -0.05) is 70.9 Å². The highest BCUT2D eigenvalue weighted by molar-refractivity contribution is 6.16. The Labute approximate surface area is 325 Å². The van der Waals surface area contributed by atoms with Crippen LogP contribution >= 0.6 is 0 Å². The molecular formula is C43H52F3N3O7. The van der Waals surface area contributed by atoms with Crippen molar-refractivity contribution >= 4 is 11.6 Å². The van der Waals surface area contributed by atoms with Gasteiger partial charge in [-0.05, 0) is 92.0 Å². The van der Waals surface area contributed by atoms with Gasteiger partial charge in [0, 0.05) is 24.1 Å². The molecule has 0 radical (unpaired) electrons. The van der Waals surface area contributed by atoms with Gasteiger partial charge in [-0.15, -0.1) is 0 Å². The number of allylic oxidation sites excluding steroid dienone is 1. The number of hydrogen-bond acceptors (Lipinski definition) is 10. The Morgan fingerprint density at radius 3 is 2.38 bits per heavy atom. The topological polar surface area (TPSA) is 126 Å². The lowest BCUT2D eigenvalue weighted by atomic mass is 9.58. The van der Waals surface area contributed by atoms with Crippen molar-refractivity contribution in [1.29, 1.82) is 0 Å². The number of likely N-dealkylation sites (tertiary alicyclic amines) is 1. The second-order valence-electron chi connectivity index (χ2n) is 15.5. The fourth-order valence-electron chi connectivity index (χ4n) is 9.59. The maximum atomic E-state index is 15.7. The van der Waals surface area contributed by atoms with E-state index in [2.05, 4.69) is 10.1 Å². The molecule has 0 saturated carbocycles. The van der Waals surface area contributed by atoms with Gasteiger partial charge in [-0.25, -0.2) is 0 Å². The summed E-state index contributed by atoms with van der Waals surface area (Å²) in [5, 5.41) is 28.8. The number of aliphatic hydroxyl groups excluding tert-OH is 1. The lowest BCUT2D eigenvalue weighted by Crippen LogP contribution is -2.60. The average molecular weight is 780 g/mol. The van der Waals surface area contributed by atoms with Gasteiger partial charge in [-0.3, -0.25) is 19.4 Å². The lowest BCUT2D eigenvalue weighted by Gasteiger charge is -2.50. The molecule has 10 nitrogen and oxygen atoms in total. The summed E-state index contributed by atoms with van der Waals surface area (Å²) in [5.41, 5.74) is -3.19. The number of nitrogens with zero attached hydrogens (tertiary/aromatic N) is 3. The van der Waals surface area contributed by atoms with Crippen LogP contribution < -0.4 is 9.47 Å². The van der Waals surface area contributed by atoms with Crippen molar-refractivity contribution in [3.8, 4) is 11.6 Å². The maximum Gasteiger partial charge on any atom is 0.417 e. The third kappa shape index (κ3) is 6.72. The second kappa shape index (κ2) is 16.0. The van der Waals surface area contributed by atoms with E-state index in [1.807, 2.05) is 62.9 Å². The van der Waals surface area contributed by atoms with Crippen molar-refractivity contribution in [2.45, 2.75) is 109 Å². The molecule has 1 unspecified atom stereocenters. The molecule has 3 aliphatic carbocycles. The Morgan fingerprint density at radius 2 is 1.71 bits per heavy atom. The van der Waals surface area contributed by atoms with Crippen LogP contribution in [0.4, 0.5) is 13.2 Å². The molecule has 5 atom stereocenters. The molecule has 7 rings (SSSR count). The van der Waals surface area contributed by atoms with Gasteiger partial charge in [-0.2, -0.15) is 13.2 Å². The molecule has 2 N–H and O–H groups in total. The number of rotatable bonds is 14. The lowest BCUT2D eigenvalue weighted by molar-refractivity contribution is -0.139. The van der Waals surface area contributed by atoms with E-state index in [1.165, 1.54) is 6.07 Å². The quantitative estimate of drug-likeness (QED) is 0.154. The van der Waals surface area contributed by atoms with Crippen LogP contribution in [-0.4, -0.2) is 75.2 Å². The number of halogens is 3. The number of carbonyl (C=O) groups is 2. The molecule has 13 heteroatoms. The first-order valence-corrected chi connectivity index (χ1v) is 20.2. The Kier molecular flexibility index (Phi) is 11.4. The molecule has 0 spiro atoms. The highest BCUT2D eigenvalue weighted by atomic mass is 19.4. The highest BCUT2D eigenvalue weighted by Gasteiger charge is 2.64. The van der Waals surface area contributed by atoms with Crippen molar-refractivity contribution in [2.24, 2.45) is 11.8 Å². The molecule has 1 fully saturated rings. The summed E-state index contributed by atoms with van der Waals surface area (Å²) < 4.78 is 64.9. The fraction of sp³-hybridized carbons (Fsp3) is 0.558. The number of hydrogen-bond donors (Lipinski definition) is 2. The number of ketones is 2. The molecule has 56 heavy (non-hydrogen) atoms. The number of ether oxygens (including phenoxy) is 2. The minimum Gasteiger partial charge on any atom is -0.508 e. The molecule has 4 aliphatic rings. The molecule has 0 bridgehead atoms. The third-order valence-electron chi connectivity index (χ3n) is 12.3. The standard InChI is InChI=1S/C43H52F3N3O7/c1-5-9-19-54-31-23-27(30-17-14-18-49(30)24-25-15-12-11-13-16-25)35(43(44,45)46)28-21-26-22-29-36(48(7-3)8-4)38-34(41(47-56-38)55-20-10-6-2)40(52)42(29,53)39(51)32(26)37(50)33(28)31/h11-13,15-16,23,26,29-30,36,51,53H,5-10,14,17-22,24H2,1-4H3/t26-,29-,30?,36-,42-/m0/s1. The molecule has 1 aliphatic heterocycles. The van der Waals surface area contributed by atoms with Gasteiger partial charge in [0.25, 0.3) is 5.88 Å². The largest absolute Gasteiger partial charge is 0.508 e. The number of aliphatic hydroxyl groups is 2. The van der Waals surface area contributed by atoms with Crippen molar-refractivity contribution < 1.29 is 47.0 Å². The van der Waals surface area contributed by atoms with Crippen molar-refractivity contribution in [3.05, 3.63) is 86.9 Å². The van der Waals surface area contributed by atoms with Gasteiger partial charge >= 0.3 is 6.18 Å². The van der Waals surface area contributed by atoms with E-state index >= 15 is 13.2 Å². The van der Waals surface area contributed by atoms with Gasteiger partial charge in [0.1, 0.15) is 17.1 Å². The van der Waals surface area contributed by atoms with Crippen molar-refractivity contribution in [2.75, 3.05) is 32.8 Å². The predicted octanol–water partition coefficient (Wildman–Crippen LogP) is 8.59. The minimum absolute atomic E-state index is 0.0183. The predicted molar refractivity (Wildman–Crippen MR) is 202 cm³/mol. The monoisotopic (exact) mass is 779 g/mol. The van der Waals surface area contributed by atoms with E-state index in [9.17, 15) is 19.8 Å². The van der Waals surface area contributed by atoms with Crippen LogP contribution in [0.15, 0.2) is 52.3 Å². The second-order valence-corrected chi connectivity index (χ2v) is 15.5. The third-order valence-corrected chi connectivity index (χ3v) is 12.3. The number of alkyl halides is 3. The van der Waals surface area contributed by atoms with E-state index in [1.54, 1.807) is 0 Å². The summed E-state index contributed by atoms with van der Waals surface area (Å²) >= 11 is 0. The van der Waals surface area contributed by atoms with E-state index in [0.29, 0.717) is 51.9 Å². The van der Waals surface area contributed by atoms with E-state index in [-0.39, 0.29) is 71.3 Å². The molecule has 3 aromatic rings. The number of Topliss-reactive ketones (excluding diaryl/α,β-unsaturated/α-hetero) is 2. The van der Waals surface area contributed by atoms with Gasteiger partial charge in [0.05, 0.1) is 30.4 Å². The summed E-state index contributed by atoms with van der Waals surface area (Å²) in [6.07, 6.45) is -1.10. The van der Waals surface area contributed by atoms with Gasteiger partial charge in [0.15, 0.2) is 17.1 Å². The van der Waals surface area contributed by atoms with Gasteiger partial charge < -0.3 is 24.2 Å². The van der Waals surface area contributed by atoms with Crippen molar-refractivity contribution in [3.63, 3.8) is 0 Å². The van der Waals surface area contributed by atoms with Crippen LogP contribution in [0.3, 0.4) is 0 Å². The summed E-state index contributed by atoms with van der Waals surface area (Å²) in [6, 6.07) is 9.63. The minimum atomic E-state index is -4.82. The number of unbranched alkanes of at least 4 members (excludes halogenated alkanes) is 2. The van der Waals surface area contributed by atoms with Crippen LogP contribution in [0.2, 0.25) is 0 Å². The van der Waals surface area contributed by atoms with E-state index in [4.69, 9.17) is 14.0 Å². The van der Waals surface area contributed by atoms with E-state index in [0.717, 1.165) is 18.4 Å². The first kappa shape index (κ1) is 40.0. The molecule has 1 aromatic heterocycles. The highest BCUT2D eigenvalue weighted by Crippen LogP contribution is 2.58. The normalized spacial score (nSPS) is 24.9. The molecule has 0 amide bonds. The summed E-state index contributed by atoms with van der Waals surface area (Å²) in [5.74, 6) is -4.57. The SMILES string of the molecule is CCCCOc1cc(C2CCCN2Cc2ccccc2)c(C(F)(F)F)c2c1C(=O)C1=C(O)[C@]3(O)C(=O)c4c(OCCCC)noc4[C@@H](N(CC)CC)[C@@H]3C[C@@H]1C2. The molecule has 2 heterocycles. The number of carbonyl (C=O) groups excluding carboxylic acids is 2. The zero-order valence-corrected chi connectivity index (χ0v) is 32.6. The van der Waals surface area contributed by atoms with Crippen molar-refractivity contribution in [1.82, 2.24) is 15.0 Å². The Bertz CT molecular complexity index is 1970. The first-order chi connectivity index (χ1) is 26.9. The van der Waals surface area contributed by atoms with Crippen LogP contribution in [0, 0.1) is 11.8 Å². The molecule has 302 valence electrons. The van der Waals surface area contributed by atoms with Crippen LogP contribution in [0.5, 0.6) is 11.6 Å². The fourth-order valence-corrected chi connectivity index (χ4v) is 9.59. The number of fused-ring (bicyclic) bond motifs is 4. The summed E-state index contributed by atoms with van der Waals surface area (Å²) in [7, 11) is 0. The number of aromatic nitrogens is 1. The number of benzene rings is 2. The Hall–Kier alpha value is -4.20. The average Bonchev–Trinajstić information content (AvgIpc) is 3.81. The zero-order valence-electron chi connectivity index (χ0n) is 32.6. The molecular weight excluding hydrogens is 727 g/mol. The first-order valence-electron chi connectivity index (χ1n) is 20.2. The summed E-state index contributed by atoms with van der Waals surface area (Å²) in [6.45, 7) is 10.1. The van der Waals surface area contributed by atoms with Crippen LogP contribution in [0.1, 0.15) is 133 Å². The Morgan fingerprint density at radius 1 is 1.02 bits per heavy atom. The van der Waals surface area contributed by atoms with Crippen LogP contribution in [-0.2, 0) is 19.1 Å². The van der Waals surface area contributed by atoms with Crippen LogP contribution in [0.25, 0.3) is 0 Å². The molecule has 1 saturated heterocycles. The molecule has 2 aromatic carbocycles. The zero-order chi connectivity index (χ0) is 39.9. The smallest absolute Gasteiger partial charge is 0.417 e. The van der Waals surface area contributed by atoms with Gasteiger partial charge in [0.2, 0.25) is 5.78 Å². The Balaban J connectivity index is 1.39. The maximum absolute atomic E-state index is 15.7.